The molecule has 0 saturated carbocycles. The van der Waals surface area contributed by atoms with E-state index in [4.69, 9.17) is 11.6 Å². The number of benzene rings is 3. The van der Waals surface area contributed by atoms with Crippen LogP contribution in [0, 0.1) is 0 Å². The lowest BCUT2D eigenvalue weighted by atomic mass is 9.75. The molecule has 4 nitrogen and oxygen atoms in total. The molecule has 0 saturated heterocycles. The van der Waals surface area contributed by atoms with Crippen LogP contribution in [0.4, 0.5) is 5.69 Å². The summed E-state index contributed by atoms with van der Waals surface area (Å²) in [5, 5.41) is 12.5. The molecule has 0 aliphatic heterocycles. The van der Waals surface area contributed by atoms with Gasteiger partial charge in [-0.2, -0.15) is 0 Å². The largest absolute Gasteiger partial charge is 0.478 e. The van der Waals surface area contributed by atoms with Crippen molar-refractivity contribution in [1.29, 1.82) is 0 Å². The van der Waals surface area contributed by atoms with Crippen molar-refractivity contribution in [3.63, 3.8) is 0 Å². The Balaban J connectivity index is 2.07. The standard InChI is InChI=1S/C22H18ClNO3/c1-22(15-8-4-2-5-9-15,16-10-6-3-7-11-16)21(27)24-19-13-12-17(23)14-18(19)20(25)26/h2-14H,1H3,(H,24,27)(H,25,26). The Morgan fingerprint density at radius 3 is 1.89 bits per heavy atom. The highest BCUT2D eigenvalue weighted by atomic mass is 35.5. The molecule has 0 aromatic heterocycles. The minimum atomic E-state index is -1.16. The molecule has 3 aromatic rings. The van der Waals surface area contributed by atoms with Crippen molar-refractivity contribution < 1.29 is 14.7 Å². The summed E-state index contributed by atoms with van der Waals surface area (Å²) >= 11 is 5.90. The minimum Gasteiger partial charge on any atom is -0.478 e. The van der Waals surface area contributed by atoms with Gasteiger partial charge < -0.3 is 10.4 Å². The highest BCUT2D eigenvalue weighted by Crippen LogP contribution is 2.34. The molecule has 0 bridgehead atoms. The van der Waals surface area contributed by atoms with Crippen LogP contribution in [0.5, 0.6) is 0 Å². The Morgan fingerprint density at radius 1 is 0.889 bits per heavy atom. The highest BCUT2D eigenvalue weighted by Gasteiger charge is 2.37. The van der Waals surface area contributed by atoms with Gasteiger partial charge in [-0.05, 0) is 36.2 Å². The molecule has 3 rings (SSSR count). The molecular formula is C22H18ClNO3. The fourth-order valence-corrected chi connectivity index (χ4v) is 3.19. The van der Waals surface area contributed by atoms with E-state index < -0.39 is 11.4 Å². The van der Waals surface area contributed by atoms with Crippen LogP contribution in [0.3, 0.4) is 0 Å². The predicted molar refractivity (Wildman–Crippen MR) is 106 cm³/mol. The van der Waals surface area contributed by atoms with Crippen LogP contribution >= 0.6 is 11.6 Å². The molecule has 1 amide bonds. The van der Waals surface area contributed by atoms with Crippen LogP contribution in [0.15, 0.2) is 78.9 Å². The van der Waals surface area contributed by atoms with Crippen molar-refractivity contribution in [3.05, 3.63) is 101 Å². The third-order valence-electron chi connectivity index (χ3n) is 4.62. The maximum Gasteiger partial charge on any atom is 0.337 e. The first-order chi connectivity index (χ1) is 12.9. The van der Waals surface area contributed by atoms with Crippen molar-refractivity contribution in [2.24, 2.45) is 0 Å². The van der Waals surface area contributed by atoms with Crippen molar-refractivity contribution in [3.8, 4) is 0 Å². The fraction of sp³-hybridized carbons (Fsp3) is 0.0909. The molecule has 0 spiro atoms. The minimum absolute atomic E-state index is 0.0562. The average molecular weight is 380 g/mol. The number of nitrogens with one attached hydrogen (secondary N) is 1. The summed E-state index contributed by atoms with van der Waals surface area (Å²) in [5.41, 5.74) is 0.756. The normalized spacial score (nSPS) is 11.0. The zero-order valence-electron chi connectivity index (χ0n) is 14.6. The fourth-order valence-electron chi connectivity index (χ4n) is 3.02. The first kappa shape index (κ1) is 18.7. The Kier molecular flexibility index (Phi) is 5.28. The smallest absolute Gasteiger partial charge is 0.337 e. The van der Waals surface area contributed by atoms with E-state index in [1.165, 1.54) is 12.1 Å². The summed E-state index contributed by atoms with van der Waals surface area (Å²) in [6.07, 6.45) is 0. The molecule has 2 N–H and O–H groups in total. The van der Waals surface area contributed by atoms with Crippen molar-refractivity contribution >= 4 is 29.2 Å². The SMILES string of the molecule is CC(C(=O)Nc1ccc(Cl)cc1C(=O)O)(c1ccccc1)c1ccccc1. The van der Waals surface area contributed by atoms with Gasteiger partial charge in [-0.25, -0.2) is 4.79 Å². The van der Waals surface area contributed by atoms with E-state index in [1.54, 1.807) is 6.07 Å². The lowest BCUT2D eigenvalue weighted by Gasteiger charge is -2.30. The van der Waals surface area contributed by atoms with Crippen molar-refractivity contribution in [2.75, 3.05) is 5.32 Å². The van der Waals surface area contributed by atoms with E-state index in [0.717, 1.165) is 11.1 Å². The Bertz CT molecular complexity index is 932. The third kappa shape index (κ3) is 3.71. The van der Waals surface area contributed by atoms with E-state index in [0.29, 0.717) is 5.02 Å². The van der Waals surface area contributed by atoms with Gasteiger partial charge >= 0.3 is 5.97 Å². The lowest BCUT2D eigenvalue weighted by Crippen LogP contribution is -2.39. The second kappa shape index (κ2) is 7.64. The number of aromatic carboxylic acids is 1. The first-order valence-corrected chi connectivity index (χ1v) is 8.76. The monoisotopic (exact) mass is 379 g/mol. The van der Waals surface area contributed by atoms with Gasteiger partial charge in [0.25, 0.3) is 0 Å². The van der Waals surface area contributed by atoms with Gasteiger partial charge in [-0.3, -0.25) is 4.79 Å². The van der Waals surface area contributed by atoms with Gasteiger partial charge in [0, 0.05) is 5.02 Å². The molecule has 0 unspecified atom stereocenters. The zero-order chi connectivity index (χ0) is 19.4. The van der Waals surface area contributed by atoms with E-state index in [9.17, 15) is 14.7 Å². The average Bonchev–Trinajstić information content (AvgIpc) is 2.69. The number of amides is 1. The molecule has 0 aliphatic carbocycles. The Labute approximate surface area is 162 Å². The zero-order valence-corrected chi connectivity index (χ0v) is 15.4. The van der Waals surface area contributed by atoms with Gasteiger partial charge in [-0.1, -0.05) is 72.3 Å². The Morgan fingerprint density at radius 2 is 1.41 bits per heavy atom. The lowest BCUT2D eigenvalue weighted by molar-refractivity contribution is -0.119. The van der Waals surface area contributed by atoms with E-state index >= 15 is 0 Å². The summed E-state index contributed by atoms with van der Waals surface area (Å²) in [6, 6.07) is 23.1. The van der Waals surface area contributed by atoms with E-state index in [-0.39, 0.29) is 17.2 Å². The molecule has 0 fully saturated rings. The molecular weight excluding hydrogens is 362 g/mol. The van der Waals surface area contributed by atoms with Gasteiger partial charge in [0.05, 0.1) is 16.7 Å². The number of anilines is 1. The molecule has 0 aliphatic rings. The number of hydrogen-bond donors (Lipinski definition) is 2. The maximum atomic E-state index is 13.4. The van der Waals surface area contributed by atoms with Crippen LogP contribution < -0.4 is 5.32 Å². The molecule has 0 heterocycles. The van der Waals surface area contributed by atoms with E-state index in [2.05, 4.69) is 5.32 Å². The summed E-state index contributed by atoms with van der Waals surface area (Å²) in [5.74, 6) is -1.49. The van der Waals surface area contributed by atoms with Gasteiger partial charge in [0.15, 0.2) is 0 Å². The van der Waals surface area contributed by atoms with Crippen LogP contribution in [-0.2, 0) is 10.2 Å². The van der Waals surface area contributed by atoms with Gasteiger partial charge in [-0.15, -0.1) is 0 Å². The number of carbonyl (C=O) groups is 2. The summed E-state index contributed by atoms with van der Waals surface area (Å²) < 4.78 is 0. The second-order valence-electron chi connectivity index (χ2n) is 6.31. The van der Waals surface area contributed by atoms with Crippen LogP contribution in [0.2, 0.25) is 5.02 Å². The van der Waals surface area contributed by atoms with E-state index in [1.807, 2.05) is 67.6 Å². The number of carbonyl (C=O) groups excluding carboxylic acids is 1. The number of halogens is 1. The Hall–Kier alpha value is -3.11. The van der Waals surface area contributed by atoms with Crippen molar-refractivity contribution in [2.45, 2.75) is 12.3 Å². The third-order valence-corrected chi connectivity index (χ3v) is 4.85. The van der Waals surface area contributed by atoms with Crippen LogP contribution in [0.25, 0.3) is 0 Å². The van der Waals surface area contributed by atoms with Crippen LogP contribution in [-0.4, -0.2) is 17.0 Å². The molecule has 27 heavy (non-hydrogen) atoms. The van der Waals surface area contributed by atoms with Crippen molar-refractivity contribution in [1.82, 2.24) is 0 Å². The predicted octanol–water partition coefficient (Wildman–Crippen LogP) is 4.98. The molecule has 5 heteroatoms. The first-order valence-electron chi connectivity index (χ1n) is 8.38. The quantitative estimate of drug-likeness (QED) is 0.656. The van der Waals surface area contributed by atoms with Crippen LogP contribution in [0.1, 0.15) is 28.4 Å². The van der Waals surface area contributed by atoms with Gasteiger partial charge in [0.1, 0.15) is 0 Å². The summed E-state index contributed by atoms with van der Waals surface area (Å²) in [4.78, 5) is 24.9. The summed E-state index contributed by atoms with van der Waals surface area (Å²) in [6.45, 7) is 1.82. The second-order valence-corrected chi connectivity index (χ2v) is 6.74. The number of carboxylic acid groups (broad SMARTS) is 1. The molecule has 0 atom stereocenters. The number of carboxylic acids is 1. The topological polar surface area (TPSA) is 66.4 Å². The molecule has 3 aromatic carbocycles. The maximum absolute atomic E-state index is 13.4. The number of hydrogen-bond acceptors (Lipinski definition) is 2. The summed E-state index contributed by atoms with van der Waals surface area (Å²) in [7, 11) is 0. The van der Waals surface area contributed by atoms with Gasteiger partial charge in [0.2, 0.25) is 5.91 Å². The number of rotatable bonds is 5. The highest BCUT2D eigenvalue weighted by molar-refractivity contribution is 6.31. The molecule has 0 radical (unpaired) electrons. The molecule has 136 valence electrons.